The number of carbonyl (C=O) groups excluding carboxylic acids is 7. The number of fused-ring (bicyclic) bond motifs is 4. The second-order valence-electron chi connectivity index (χ2n) is 19.5. The molecule has 3 aromatic carbocycles. The van der Waals surface area contributed by atoms with Crippen molar-refractivity contribution >= 4 is 70.2 Å². The molecule has 6 rings (SSSR count). The molecule has 1 aliphatic heterocycles. The first-order chi connectivity index (χ1) is 38.7. The van der Waals surface area contributed by atoms with Crippen molar-refractivity contribution in [1.29, 1.82) is 0 Å². The van der Waals surface area contributed by atoms with Crippen LogP contribution in [0.4, 0.5) is 26.2 Å². The van der Waals surface area contributed by atoms with Crippen LogP contribution in [-0.2, 0) is 42.9 Å². The van der Waals surface area contributed by atoms with Crippen LogP contribution < -0.4 is 31.5 Å². The summed E-state index contributed by atoms with van der Waals surface area (Å²) < 4.78 is 37.0. The molecule has 0 radical (unpaired) electrons. The fraction of sp³-hybridized carbons (Fsp3) is 0.475. The molecule has 1 aliphatic carbocycles. The number of anilines is 3. The predicted molar refractivity (Wildman–Crippen MR) is 303 cm³/mol. The number of H-pyrrole nitrogens is 1. The molecule has 7 N–H and O–H groups in total. The van der Waals surface area contributed by atoms with Gasteiger partial charge in [-0.25, -0.2) is 14.1 Å². The van der Waals surface area contributed by atoms with Crippen molar-refractivity contribution in [3.8, 4) is 11.1 Å². The SMILES string of the molecule is CCN(CC)CCNC(=O)c1c(C)[nH]c(/C=C2\C(=O)N(C(=O)OCC3c4cc(NC(=O)CCCC(=O)NCCOCCCCO)ccc4-c4ccc(NC(=O)CCCC(=O)NCCOCCCOC)cc43)c3ccc(F)cc32)c1C. The van der Waals surface area contributed by atoms with Crippen LogP contribution in [0.3, 0.4) is 0 Å². The summed E-state index contributed by atoms with van der Waals surface area (Å²) in [6.07, 6.45) is 3.58. The molecule has 0 saturated carbocycles. The second-order valence-corrected chi connectivity index (χ2v) is 19.5. The number of carbonyl (C=O) groups is 7. The fourth-order valence-electron chi connectivity index (χ4n) is 9.65. The number of nitrogens with one attached hydrogen (secondary N) is 6. The third kappa shape index (κ3) is 17.3. The number of likely N-dealkylation sites (N-methyl/N-ethyl adjacent to an activating group) is 1. The quantitative estimate of drug-likeness (QED) is 0.0188. The first kappa shape index (κ1) is 61.9. The highest BCUT2D eigenvalue weighted by Gasteiger charge is 2.40. The Morgan fingerprint density at radius 2 is 1.29 bits per heavy atom. The highest BCUT2D eigenvalue weighted by molar-refractivity contribution is 6.41. The lowest BCUT2D eigenvalue weighted by Crippen LogP contribution is -2.35. The van der Waals surface area contributed by atoms with Crippen molar-refractivity contribution in [3.63, 3.8) is 0 Å². The minimum absolute atomic E-state index is 0.00254. The number of aliphatic hydroxyl groups is 1. The molecule has 80 heavy (non-hydrogen) atoms. The van der Waals surface area contributed by atoms with Crippen molar-refractivity contribution in [2.24, 2.45) is 0 Å². The molecule has 1 aromatic heterocycles. The van der Waals surface area contributed by atoms with Crippen LogP contribution >= 0.6 is 0 Å². The first-order valence-corrected chi connectivity index (χ1v) is 27.6. The van der Waals surface area contributed by atoms with Crippen LogP contribution in [-0.4, -0.2) is 149 Å². The topological polar surface area (TPSA) is 259 Å². The van der Waals surface area contributed by atoms with Gasteiger partial charge in [0.25, 0.3) is 11.8 Å². The van der Waals surface area contributed by atoms with Gasteiger partial charge in [-0.1, -0.05) is 26.0 Å². The minimum atomic E-state index is -1.03. The molecule has 0 fully saturated rings. The van der Waals surface area contributed by atoms with E-state index in [0.717, 1.165) is 48.0 Å². The summed E-state index contributed by atoms with van der Waals surface area (Å²) in [4.78, 5) is 99.8. The molecule has 1 unspecified atom stereocenters. The number of rotatable bonds is 33. The number of aromatic nitrogens is 1. The van der Waals surface area contributed by atoms with Crippen molar-refractivity contribution in [2.75, 3.05) is 108 Å². The van der Waals surface area contributed by atoms with E-state index in [1.165, 1.54) is 18.2 Å². The number of aryl methyl sites for hydroxylation is 1. The lowest BCUT2D eigenvalue weighted by Gasteiger charge is -2.19. The lowest BCUT2D eigenvalue weighted by molar-refractivity contribution is -0.122. The monoisotopic (exact) mass is 1110 g/mol. The maximum Gasteiger partial charge on any atom is 0.421 e. The molecule has 21 heteroatoms. The molecule has 2 heterocycles. The van der Waals surface area contributed by atoms with Gasteiger partial charge in [0.1, 0.15) is 12.4 Å². The van der Waals surface area contributed by atoms with Gasteiger partial charge in [0.2, 0.25) is 23.6 Å². The summed E-state index contributed by atoms with van der Waals surface area (Å²) in [6.45, 7) is 13.2. The molecule has 1 atom stereocenters. The Labute approximate surface area is 466 Å². The molecule has 4 aromatic rings. The Hall–Kier alpha value is -7.30. The highest BCUT2D eigenvalue weighted by atomic mass is 19.1. The Morgan fingerprint density at radius 3 is 1.86 bits per heavy atom. The number of benzene rings is 3. The van der Waals surface area contributed by atoms with Gasteiger partial charge in [-0.3, -0.25) is 28.8 Å². The predicted octanol–water partition coefficient (Wildman–Crippen LogP) is 6.97. The summed E-state index contributed by atoms with van der Waals surface area (Å²) >= 11 is 0. The van der Waals surface area contributed by atoms with Crippen molar-refractivity contribution < 1.29 is 62.0 Å². The Bertz CT molecular complexity index is 2750. The lowest BCUT2D eigenvalue weighted by atomic mass is 9.97. The summed E-state index contributed by atoms with van der Waals surface area (Å²) in [7, 11) is 1.62. The summed E-state index contributed by atoms with van der Waals surface area (Å²) in [5.74, 6) is -3.42. The standard InChI is InChI=1S/C59H77FN8O12/c1-6-67(7-2)26-23-63-57(74)56-38(3)50(64-39(56)4)36-48-47-33-40(60)17-22-51(47)68(58(48)75)59(76)80-37-49-45-34-41(65-54(72)15-10-13-52(70)61-24-31-78-29-9-8-27-69)18-20-43(45)44-21-19-42(35-46(44)49)66-55(73)16-11-14-53(71)62-25-32-79-30-12-28-77-5/h17-22,33-36,49,64,69H,6-16,23-32,37H2,1-5H3,(H,61,70)(H,62,71)(H,63,74)(H,65,72)(H,66,73)/b48-36-. The van der Waals surface area contributed by atoms with E-state index in [4.69, 9.17) is 24.1 Å². The zero-order valence-corrected chi connectivity index (χ0v) is 46.6. The van der Waals surface area contributed by atoms with Gasteiger partial charge in [-0.05, 0) is 135 Å². The normalized spacial score (nSPS) is 13.8. The number of methoxy groups -OCH3 is 1. The van der Waals surface area contributed by atoms with Gasteiger partial charge in [0.15, 0.2) is 0 Å². The number of ether oxygens (including phenoxy) is 4. The van der Waals surface area contributed by atoms with Crippen LogP contribution in [0, 0.1) is 19.7 Å². The van der Waals surface area contributed by atoms with Crippen molar-refractivity contribution in [2.45, 2.75) is 91.4 Å². The first-order valence-electron chi connectivity index (χ1n) is 27.6. The molecular weight excluding hydrogens is 1030 g/mol. The number of halogens is 1. The van der Waals surface area contributed by atoms with Crippen LogP contribution in [0.1, 0.15) is 122 Å². The van der Waals surface area contributed by atoms with E-state index in [1.807, 2.05) is 12.1 Å². The molecule has 0 spiro atoms. The third-order valence-corrected chi connectivity index (χ3v) is 13.9. The Kier molecular flexibility index (Phi) is 24.4. The summed E-state index contributed by atoms with van der Waals surface area (Å²) in [6, 6.07) is 14.3. The van der Waals surface area contributed by atoms with E-state index in [0.29, 0.717) is 123 Å². The maximum absolute atomic E-state index is 15.0. The number of imide groups is 1. The van der Waals surface area contributed by atoms with E-state index in [9.17, 15) is 38.0 Å². The van der Waals surface area contributed by atoms with Gasteiger partial charge < -0.3 is 60.5 Å². The summed E-state index contributed by atoms with van der Waals surface area (Å²) in [5.41, 5.74) is 6.03. The van der Waals surface area contributed by atoms with Gasteiger partial charge >= 0.3 is 6.09 Å². The number of unbranched alkanes of at least 4 members (excludes halogenated alkanes) is 1. The van der Waals surface area contributed by atoms with Crippen molar-refractivity contribution in [3.05, 3.63) is 99.6 Å². The van der Waals surface area contributed by atoms with E-state index in [-0.39, 0.29) is 85.3 Å². The van der Waals surface area contributed by atoms with E-state index in [2.05, 4.69) is 50.3 Å². The third-order valence-electron chi connectivity index (χ3n) is 13.9. The number of aliphatic hydroxyl groups excluding tert-OH is 1. The number of nitrogens with zero attached hydrogens (tertiary/aromatic N) is 2. The molecule has 0 saturated heterocycles. The van der Waals surface area contributed by atoms with Gasteiger partial charge in [0, 0.05) is 120 Å². The molecule has 432 valence electrons. The fourth-order valence-corrected chi connectivity index (χ4v) is 9.65. The average Bonchev–Trinajstić information content (AvgIpc) is 4.00. The number of amides is 7. The number of hydrogen-bond donors (Lipinski definition) is 7. The molecule has 20 nitrogen and oxygen atoms in total. The van der Waals surface area contributed by atoms with Gasteiger partial charge in [-0.15, -0.1) is 0 Å². The Balaban J connectivity index is 1.16. The van der Waals surface area contributed by atoms with Crippen LogP contribution in [0.15, 0.2) is 54.6 Å². The minimum Gasteiger partial charge on any atom is -0.448 e. The Morgan fingerprint density at radius 1 is 0.700 bits per heavy atom. The number of aromatic amines is 1. The zero-order valence-electron chi connectivity index (χ0n) is 46.6. The summed E-state index contributed by atoms with van der Waals surface area (Å²) in [5, 5.41) is 23.3. The molecule has 2 aliphatic rings. The smallest absolute Gasteiger partial charge is 0.421 e. The van der Waals surface area contributed by atoms with Crippen LogP contribution in [0.5, 0.6) is 0 Å². The van der Waals surface area contributed by atoms with E-state index >= 15 is 0 Å². The van der Waals surface area contributed by atoms with Gasteiger partial charge in [0.05, 0.1) is 30.0 Å². The van der Waals surface area contributed by atoms with E-state index < -0.39 is 23.7 Å². The van der Waals surface area contributed by atoms with Crippen LogP contribution in [0.2, 0.25) is 0 Å². The second kappa shape index (κ2) is 31.5. The maximum atomic E-state index is 15.0. The highest BCUT2D eigenvalue weighted by Crippen LogP contribution is 2.47. The molecule has 0 bridgehead atoms. The van der Waals surface area contributed by atoms with Gasteiger partial charge in [-0.2, -0.15) is 0 Å². The zero-order chi connectivity index (χ0) is 57.6. The average molecular weight is 1110 g/mol. The van der Waals surface area contributed by atoms with Crippen molar-refractivity contribution in [1.82, 2.24) is 25.8 Å². The van der Waals surface area contributed by atoms with E-state index in [1.54, 1.807) is 45.2 Å². The molecular formula is C59H77FN8O12. The van der Waals surface area contributed by atoms with Crippen LogP contribution in [0.25, 0.3) is 22.8 Å². The largest absolute Gasteiger partial charge is 0.448 e. The molecule has 7 amide bonds. The number of hydrogen-bond acceptors (Lipinski definition) is 13.